The molecule has 1 aromatic heterocycles. The summed E-state index contributed by atoms with van der Waals surface area (Å²) in [5.74, 6) is 0.504. The molecule has 5 heteroatoms. The highest BCUT2D eigenvalue weighted by Gasteiger charge is 2.26. The normalized spacial score (nSPS) is 22.4. The van der Waals surface area contributed by atoms with Crippen molar-refractivity contribution in [1.82, 2.24) is 14.8 Å². The van der Waals surface area contributed by atoms with E-state index in [0.29, 0.717) is 12.3 Å². The zero-order valence-electron chi connectivity index (χ0n) is 16.8. The molecule has 1 aromatic rings. The largest absolute Gasteiger partial charge is 0.344 e. The van der Waals surface area contributed by atoms with Crippen LogP contribution in [-0.4, -0.2) is 59.7 Å². The van der Waals surface area contributed by atoms with Gasteiger partial charge in [0.15, 0.2) is 0 Å². The van der Waals surface area contributed by atoms with Gasteiger partial charge < -0.3 is 14.6 Å². The lowest BCUT2D eigenvalue weighted by atomic mass is 9.94. The van der Waals surface area contributed by atoms with Crippen molar-refractivity contribution in [2.24, 2.45) is 0 Å². The van der Waals surface area contributed by atoms with E-state index in [9.17, 15) is 9.59 Å². The van der Waals surface area contributed by atoms with Gasteiger partial charge in [0.25, 0.3) is 0 Å². The van der Waals surface area contributed by atoms with E-state index in [2.05, 4.69) is 36.8 Å². The third-order valence-corrected chi connectivity index (χ3v) is 5.19. The molecule has 3 heterocycles. The highest BCUT2D eigenvalue weighted by atomic mass is 16.1. The predicted octanol–water partition coefficient (Wildman–Crippen LogP) is 3.50. The summed E-state index contributed by atoms with van der Waals surface area (Å²) in [6.45, 7) is 8.10. The van der Waals surface area contributed by atoms with Gasteiger partial charge in [-0.05, 0) is 44.9 Å². The fourth-order valence-electron chi connectivity index (χ4n) is 3.31. The number of amides is 1. The van der Waals surface area contributed by atoms with Crippen LogP contribution in [0.5, 0.6) is 0 Å². The van der Waals surface area contributed by atoms with Crippen molar-refractivity contribution >= 4 is 12.7 Å². The third-order valence-electron chi connectivity index (χ3n) is 5.19. The Hall–Kier alpha value is -1.75. The van der Waals surface area contributed by atoms with Crippen molar-refractivity contribution < 1.29 is 9.59 Å². The minimum atomic E-state index is 0.504. The first kappa shape index (κ1) is 22.3. The van der Waals surface area contributed by atoms with Crippen LogP contribution < -0.4 is 0 Å². The molecule has 2 atom stereocenters. The summed E-state index contributed by atoms with van der Waals surface area (Å²) in [4.78, 5) is 27.8. The molecule has 0 spiro atoms. The second kappa shape index (κ2) is 12.6. The van der Waals surface area contributed by atoms with E-state index in [4.69, 9.17) is 0 Å². The number of hydrogen-bond donors (Lipinski definition) is 0. The van der Waals surface area contributed by atoms with Crippen molar-refractivity contribution in [3.63, 3.8) is 0 Å². The molecule has 0 aliphatic carbocycles. The second-order valence-corrected chi connectivity index (χ2v) is 7.15. The maximum absolute atomic E-state index is 10.3. The molecular formula is C21H35N3O2. The van der Waals surface area contributed by atoms with Gasteiger partial charge in [-0.15, -0.1) is 0 Å². The summed E-state index contributed by atoms with van der Waals surface area (Å²) in [5.41, 5.74) is 1.23. The molecule has 146 valence electrons. The maximum Gasteiger partial charge on any atom is 0.209 e. The summed E-state index contributed by atoms with van der Waals surface area (Å²) in [7, 11) is 2.26. The van der Waals surface area contributed by atoms with Crippen LogP contribution in [-0.2, 0) is 9.59 Å². The second-order valence-electron chi connectivity index (χ2n) is 7.15. The number of aldehydes is 1. The topological polar surface area (TPSA) is 53.5 Å². The zero-order chi connectivity index (χ0) is 19.4. The first-order valence-electron chi connectivity index (χ1n) is 9.82. The SMILES string of the molecule is CCC=O.CCC[C@H]1CC[C@@H](C)N1C.O=CN1CC(c2cccnc2)C1. The minimum absolute atomic E-state index is 0.504. The Morgan fingerprint density at radius 3 is 2.35 bits per heavy atom. The van der Waals surface area contributed by atoms with Gasteiger partial charge in [-0.25, -0.2) is 0 Å². The van der Waals surface area contributed by atoms with Gasteiger partial charge in [-0.3, -0.25) is 9.78 Å². The van der Waals surface area contributed by atoms with Gasteiger partial charge in [-0.1, -0.05) is 26.3 Å². The number of aromatic nitrogens is 1. The van der Waals surface area contributed by atoms with Crippen LogP contribution in [0, 0.1) is 0 Å². The molecule has 0 bridgehead atoms. The fraction of sp³-hybridized carbons (Fsp3) is 0.667. The van der Waals surface area contributed by atoms with Crippen molar-refractivity contribution in [2.75, 3.05) is 20.1 Å². The molecule has 2 aliphatic heterocycles. The van der Waals surface area contributed by atoms with Crippen LogP contribution in [0.15, 0.2) is 24.5 Å². The molecule has 1 amide bonds. The van der Waals surface area contributed by atoms with E-state index >= 15 is 0 Å². The van der Waals surface area contributed by atoms with Gasteiger partial charge in [0.1, 0.15) is 6.29 Å². The molecule has 0 N–H and O–H groups in total. The van der Waals surface area contributed by atoms with Crippen LogP contribution in [0.1, 0.15) is 64.4 Å². The molecule has 0 aromatic carbocycles. The number of carbonyl (C=O) groups excluding carboxylic acids is 2. The summed E-state index contributed by atoms with van der Waals surface area (Å²) in [5, 5.41) is 0. The minimum Gasteiger partial charge on any atom is -0.344 e. The van der Waals surface area contributed by atoms with Crippen LogP contribution in [0.3, 0.4) is 0 Å². The molecule has 2 fully saturated rings. The molecule has 0 unspecified atom stereocenters. The lowest BCUT2D eigenvalue weighted by molar-refractivity contribution is -0.122. The Morgan fingerprint density at radius 1 is 1.23 bits per heavy atom. The van der Waals surface area contributed by atoms with Gasteiger partial charge in [0, 0.05) is 49.9 Å². The number of nitrogens with zero attached hydrogens (tertiary/aromatic N) is 3. The van der Waals surface area contributed by atoms with Crippen LogP contribution >= 0.6 is 0 Å². The monoisotopic (exact) mass is 361 g/mol. The number of pyridine rings is 1. The summed E-state index contributed by atoms with van der Waals surface area (Å²) in [6.07, 6.45) is 11.6. The van der Waals surface area contributed by atoms with Crippen molar-refractivity contribution in [2.45, 2.75) is 70.9 Å². The Morgan fingerprint density at radius 2 is 1.92 bits per heavy atom. The van der Waals surface area contributed by atoms with E-state index in [1.165, 1.54) is 31.2 Å². The zero-order valence-corrected chi connectivity index (χ0v) is 16.8. The Balaban J connectivity index is 0.000000220. The summed E-state index contributed by atoms with van der Waals surface area (Å²) < 4.78 is 0. The highest BCUT2D eigenvalue weighted by molar-refractivity contribution is 5.50. The van der Waals surface area contributed by atoms with Crippen LogP contribution in [0.25, 0.3) is 0 Å². The predicted molar refractivity (Wildman–Crippen MR) is 106 cm³/mol. The number of likely N-dealkylation sites (tertiary alicyclic amines) is 2. The first-order chi connectivity index (χ1) is 12.6. The molecule has 0 saturated carbocycles. The van der Waals surface area contributed by atoms with E-state index in [1.807, 2.05) is 19.2 Å². The maximum atomic E-state index is 10.3. The molecule has 5 nitrogen and oxygen atoms in total. The lowest BCUT2D eigenvalue weighted by Gasteiger charge is -2.36. The van der Waals surface area contributed by atoms with Gasteiger partial charge >= 0.3 is 0 Å². The van der Waals surface area contributed by atoms with E-state index < -0.39 is 0 Å². The number of hydrogen-bond acceptors (Lipinski definition) is 4. The molecular weight excluding hydrogens is 326 g/mol. The number of rotatable bonds is 5. The van der Waals surface area contributed by atoms with Crippen LogP contribution in [0.2, 0.25) is 0 Å². The molecule has 2 aliphatic rings. The average Bonchev–Trinajstić information content (AvgIpc) is 2.95. The summed E-state index contributed by atoms with van der Waals surface area (Å²) >= 11 is 0. The van der Waals surface area contributed by atoms with E-state index in [1.54, 1.807) is 11.1 Å². The summed E-state index contributed by atoms with van der Waals surface area (Å²) in [6, 6.07) is 5.70. The van der Waals surface area contributed by atoms with Crippen LogP contribution in [0.4, 0.5) is 0 Å². The Kier molecular flexibility index (Phi) is 10.8. The van der Waals surface area contributed by atoms with Crippen molar-refractivity contribution in [1.29, 1.82) is 0 Å². The first-order valence-corrected chi connectivity index (χ1v) is 9.82. The smallest absolute Gasteiger partial charge is 0.209 e. The highest BCUT2D eigenvalue weighted by Crippen LogP contribution is 2.25. The standard InChI is InChI=1S/C9H10N2O.C9H19N.C3H6O/c12-7-11-5-9(6-11)8-2-1-3-10-4-8;1-4-5-9-7-6-8(2)10(9)3;1-2-3-4/h1-4,7,9H,5-6H2;8-9H,4-7H2,1-3H3;3H,2H2,1H3/t;8-,9+;/m.1./s1. The van der Waals surface area contributed by atoms with Crippen molar-refractivity contribution in [3.8, 4) is 0 Å². The Bertz CT molecular complexity index is 501. The molecule has 3 rings (SSSR count). The van der Waals surface area contributed by atoms with Gasteiger partial charge in [0.2, 0.25) is 6.41 Å². The average molecular weight is 362 g/mol. The van der Waals surface area contributed by atoms with Gasteiger partial charge in [-0.2, -0.15) is 0 Å². The fourth-order valence-corrected chi connectivity index (χ4v) is 3.31. The van der Waals surface area contributed by atoms with E-state index in [-0.39, 0.29) is 0 Å². The molecule has 0 radical (unpaired) electrons. The Labute approximate surface area is 158 Å². The van der Waals surface area contributed by atoms with Crippen molar-refractivity contribution in [3.05, 3.63) is 30.1 Å². The molecule has 2 saturated heterocycles. The quantitative estimate of drug-likeness (QED) is 0.753. The lowest BCUT2D eigenvalue weighted by Crippen LogP contribution is -2.43. The third kappa shape index (κ3) is 7.24. The molecule has 26 heavy (non-hydrogen) atoms. The van der Waals surface area contributed by atoms with E-state index in [0.717, 1.165) is 37.9 Å². The number of carbonyl (C=O) groups is 2. The van der Waals surface area contributed by atoms with Gasteiger partial charge in [0.05, 0.1) is 0 Å².